The third-order valence-electron chi connectivity index (χ3n) is 3.11. The summed E-state index contributed by atoms with van der Waals surface area (Å²) in [5.74, 6) is -0.271. The van der Waals surface area contributed by atoms with Crippen molar-refractivity contribution in [1.82, 2.24) is 20.2 Å². The molecule has 0 saturated carbocycles. The molecule has 0 spiro atoms. The number of benzene rings is 2. The van der Waals surface area contributed by atoms with Crippen LogP contribution in [0.5, 0.6) is 0 Å². The van der Waals surface area contributed by atoms with Gasteiger partial charge in [-0.15, -0.1) is 10.2 Å². The lowest BCUT2D eigenvalue weighted by atomic mass is 10.1. The van der Waals surface area contributed by atoms with Gasteiger partial charge < -0.3 is 5.73 Å². The van der Waals surface area contributed by atoms with Gasteiger partial charge in [-0.1, -0.05) is 12.1 Å². The molecule has 0 amide bonds. The van der Waals surface area contributed by atoms with E-state index in [2.05, 4.69) is 15.4 Å². The van der Waals surface area contributed by atoms with Crippen molar-refractivity contribution in [2.45, 2.75) is 6.54 Å². The molecule has 0 aliphatic heterocycles. The summed E-state index contributed by atoms with van der Waals surface area (Å²) in [4.78, 5) is 13.3. The van der Waals surface area contributed by atoms with Gasteiger partial charge in [0.1, 0.15) is 12.4 Å². The molecule has 0 radical (unpaired) electrons. The summed E-state index contributed by atoms with van der Waals surface area (Å²) in [6.45, 7) is -0.0780. The van der Waals surface area contributed by atoms with Crippen molar-refractivity contribution < 1.29 is 9.18 Å². The van der Waals surface area contributed by atoms with Crippen LogP contribution < -0.4 is 5.73 Å². The summed E-state index contributed by atoms with van der Waals surface area (Å²) in [6.07, 6.45) is 0. The lowest BCUT2D eigenvalue weighted by Gasteiger charge is -2.00. The fraction of sp³-hybridized carbons (Fsp3) is 0.0667. The first-order valence-electron chi connectivity index (χ1n) is 6.55. The number of nitrogens with zero attached hydrogens (tertiary/aromatic N) is 4. The largest absolute Gasteiger partial charge is 0.398 e. The van der Waals surface area contributed by atoms with Crippen LogP contribution in [0.25, 0.3) is 11.4 Å². The van der Waals surface area contributed by atoms with E-state index in [1.807, 2.05) is 6.07 Å². The number of hydrogen-bond acceptors (Lipinski definition) is 5. The van der Waals surface area contributed by atoms with Crippen LogP contribution in [-0.4, -0.2) is 26.0 Å². The van der Waals surface area contributed by atoms with Gasteiger partial charge in [-0.25, -0.2) is 4.39 Å². The predicted octanol–water partition coefficient (Wildman–Crippen LogP) is 1.94. The number of ketones is 1. The lowest BCUT2D eigenvalue weighted by molar-refractivity contribution is 0.0961. The Morgan fingerprint density at radius 2 is 1.86 bits per heavy atom. The third-order valence-corrected chi connectivity index (χ3v) is 3.11. The average molecular weight is 297 g/mol. The zero-order chi connectivity index (χ0) is 15.5. The molecule has 0 aliphatic rings. The first kappa shape index (κ1) is 13.9. The summed E-state index contributed by atoms with van der Waals surface area (Å²) in [6, 6.07) is 12.4. The minimum Gasteiger partial charge on any atom is -0.398 e. The lowest BCUT2D eigenvalue weighted by Crippen LogP contribution is -2.13. The summed E-state index contributed by atoms with van der Waals surface area (Å²) in [7, 11) is 0. The molecule has 110 valence electrons. The van der Waals surface area contributed by atoms with Gasteiger partial charge >= 0.3 is 0 Å². The highest BCUT2D eigenvalue weighted by Crippen LogP contribution is 2.20. The van der Waals surface area contributed by atoms with E-state index in [1.165, 1.54) is 29.1 Å². The number of nitrogen functional groups attached to an aromatic ring is 1. The van der Waals surface area contributed by atoms with E-state index in [1.54, 1.807) is 18.2 Å². The Balaban J connectivity index is 1.78. The van der Waals surface area contributed by atoms with Gasteiger partial charge in [-0.3, -0.25) is 4.79 Å². The molecule has 0 saturated heterocycles. The van der Waals surface area contributed by atoms with Gasteiger partial charge in [0.25, 0.3) is 0 Å². The van der Waals surface area contributed by atoms with Crippen molar-refractivity contribution in [3.63, 3.8) is 0 Å². The van der Waals surface area contributed by atoms with Crippen LogP contribution in [0.2, 0.25) is 0 Å². The quantitative estimate of drug-likeness (QED) is 0.587. The summed E-state index contributed by atoms with van der Waals surface area (Å²) in [5, 5.41) is 11.9. The van der Waals surface area contributed by atoms with E-state index in [9.17, 15) is 9.18 Å². The van der Waals surface area contributed by atoms with E-state index < -0.39 is 5.82 Å². The topological polar surface area (TPSA) is 86.7 Å². The number of Topliss-reactive ketones (excluding diaryl/α,β-unsaturated/α-hetero) is 1. The Morgan fingerprint density at radius 3 is 2.59 bits per heavy atom. The van der Waals surface area contributed by atoms with Crippen LogP contribution >= 0.6 is 0 Å². The number of carbonyl (C=O) groups excluding carboxylic acids is 1. The van der Waals surface area contributed by atoms with Crippen molar-refractivity contribution in [1.29, 1.82) is 0 Å². The second-order valence-corrected chi connectivity index (χ2v) is 4.66. The Morgan fingerprint density at radius 1 is 1.14 bits per heavy atom. The normalized spacial score (nSPS) is 10.6. The van der Waals surface area contributed by atoms with Crippen LogP contribution in [0.3, 0.4) is 0 Å². The van der Waals surface area contributed by atoms with Crippen molar-refractivity contribution in [2.75, 3.05) is 5.73 Å². The Kier molecular flexibility index (Phi) is 3.61. The molecule has 1 aromatic heterocycles. The SMILES string of the molecule is Nc1ccccc1-c1nnn(CC(=O)c2ccc(F)cc2)n1. The maximum atomic E-state index is 12.8. The zero-order valence-electron chi connectivity index (χ0n) is 11.5. The minimum atomic E-state index is -0.391. The highest BCUT2D eigenvalue weighted by Gasteiger charge is 2.12. The molecule has 2 aromatic carbocycles. The van der Waals surface area contributed by atoms with Gasteiger partial charge in [0.15, 0.2) is 5.78 Å². The number of halogens is 1. The molecule has 22 heavy (non-hydrogen) atoms. The fourth-order valence-electron chi connectivity index (χ4n) is 1.97. The van der Waals surface area contributed by atoms with E-state index in [0.717, 1.165) is 0 Å². The Labute approximate surface area is 125 Å². The maximum Gasteiger partial charge on any atom is 0.207 e. The Bertz CT molecular complexity index is 813. The first-order valence-corrected chi connectivity index (χ1v) is 6.55. The number of tetrazole rings is 1. The highest BCUT2D eigenvalue weighted by molar-refractivity contribution is 5.95. The summed E-state index contributed by atoms with van der Waals surface area (Å²) < 4.78 is 12.8. The van der Waals surface area contributed by atoms with E-state index in [4.69, 9.17) is 5.73 Å². The molecule has 2 N–H and O–H groups in total. The molecule has 3 aromatic rings. The van der Waals surface area contributed by atoms with Gasteiger partial charge in [0.2, 0.25) is 5.82 Å². The Hall–Kier alpha value is -3.09. The van der Waals surface area contributed by atoms with E-state index in [0.29, 0.717) is 22.6 Å². The standard InChI is InChI=1S/C15H12FN5O/c16-11-7-5-10(6-8-11)14(22)9-21-19-15(18-20-21)12-3-1-2-4-13(12)17/h1-8H,9,17H2. The first-order chi connectivity index (χ1) is 10.6. The molecule has 3 rings (SSSR count). The summed E-state index contributed by atoms with van der Waals surface area (Å²) in [5.41, 5.74) is 7.43. The number of carbonyl (C=O) groups is 1. The minimum absolute atomic E-state index is 0.0780. The van der Waals surface area contributed by atoms with Crippen molar-refractivity contribution >= 4 is 11.5 Å². The number of rotatable bonds is 4. The molecule has 1 heterocycles. The predicted molar refractivity (Wildman–Crippen MR) is 78.4 cm³/mol. The number of hydrogen-bond donors (Lipinski definition) is 1. The maximum absolute atomic E-state index is 12.8. The average Bonchev–Trinajstić information content (AvgIpc) is 2.96. The molecular weight excluding hydrogens is 285 g/mol. The monoisotopic (exact) mass is 297 g/mol. The molecule has 0 aliphatic carbocycles. The molecule has 0 fully saturated rings. The van der Waals surface area contributed by atoms with Crippen molar-refractivity contribution in [3.8, 4) is 11.4 Å². The number of nitrogens with two attached hydrogens (primary N) is 1. The number of para-hydroxylation sites is 1. The molecule has 0 unspecified atom stereocenters. The second kappa shape index (κ2) is 5.72. The van der Waals surface area contributed by atoms with E-state index >= 15 is 0 Å². The molecule has 0 atom stereocenters. The van der Waals surface area contributed by atoms with E-state index in [-0.39, 0.29) is 12.3 Å². The van der Waals surface area contributed by atoms with Crippen LogP contribution in [0.4, 0.5) is 10.1 Å². The van der Waals surface area contributed by atoms with Gasteiger partial charge in [-0.2, -0.15) is 4.80 Å². The molecular formula is C15H12FN5O. The number of aromatic nitrogens is 4. The molecule has 0 bridgehead atoms. The molecule has 6 nitrogen and oxygen atoms in total. The zero-order valence-corrected chi connectivity index (χ0v) is 11.5. The van der Waals surface area contributed by atoms with Crippen LogP contribution in [0.1, 0.15) is 10.4 Å². The fourth-order valence-corrected chi connectivity index (χ4v) is 1.97. The number of anilines is 1. The van der Waals surface area contributed by atoms with Crippen LogP contribution in [-0.2, 0) is 6.54 Å². The second-order valence-electron chi connectivity index (χ2n) is 4.66. The van der Waals surface area contributed by atoms with Crippen LogP contribution in [0.15, 0.2) is 48.5 Å². The smallest absolute Gasteiger partial charge is 0.207 e. The van der Waals surface area contributed by atoms with Crippen molar-refractivity contribution in [2.24, 2.45) is 0 Å². The van der Waals surface area contributed by atoms with Gasteiger partial charge in [0.05, 0.1) is 0 Å². The molecule has 7 heteroatoms. The summed E-state index contributed by atoms with van der Waals surface area (Å²) >= 11 is 0. The van der Waals surface area contributed by atoms with Gasteiger partial charge in [0, 0.05) is 16.8 Å². The van der Waals surface area contributed by atoms with Crippen molar-refractivity contribution in [3.05, 3.63) is 59.9 Å². The van der Waals surface area contributed by atoms with Gasteiger partial charge in [-0.05, 0) is 41.6 Å². The third kappa shape index (κ3) is 2.83. The highest BCUT2D eigenvalue weighted by atomic mass is 19.1. The van der Waals surface area contributed by atoms with Crippen LogP contribution in [0, 0.1) is 5.82 Å².